The molecular formula is C41H49N5O8. The highest BCUT2D eigenvalue weighted by molar-refractivity contribution is 6.07. The Hall–Kier alpha value is -5.53. The van der Waals surface area contributed by atoms with Crippen LogP contribution < -0.4 is 30.2 Å². The summed E-state index contributed by atoms with van der Waals surface area (Å²) in [4.78, 5) is 44.2. The van der Waals surface area contributed by atoms with Crippen LogP contribution in [-0.2, 0) is 4.74 Å². The zero-order chi connectivity index (χ0) is 38.2. The van der Waals surface area contributed by atoms with E-state index >= 15 is 0 Å². The van der Waals surface area contributed by atoms with E-state index in [-0.39, 0.29) is 56.0 Å². The van der Waals surface area contributed by atoms with E-state index in [1.165, 1.54) is 0 Å². The fourth-order valence-corrected chi connectivity index (χ4v) is 6.63. The van der Waals surface area contributed by atoms with Crippen LogP contribution in [0.15, 0.2) is 78.9 Å². The van der Waals surface area contributed by atoms with Crippen LogP contribution in [0.25, 0.3) is 10.8 Å². The van der Waals surface area contributed by atoms with Gasteiger partial charge in [-0.3, -0.25) is 4.79 Å². The van der Waals surface area contributed by atoms with Crippen molar-refractivity contribution >= 4 is 45.8 Å². The molecule has 54 heavy (non-hydrogen) atoms. The fraction of sp³-hybridized carbons (Fsp3) is 0.390. The van der Waals surface area contributed by atoms with E-state index in [1.807, 2.05) is 56.3 Å². The molecule has 0 unspecified atom stereocenters. The molecule has 0 radical (unpaired) electrons. The van der Waals surface area contributed by atoms with Crippen LogP contribution in [0.2, 0.25) is 0 Å². The number of aliphatic hydroxyl groups excluding tert-OH is 1. The lowest BCUT2D eigenvalue weighted by atomic mass is 10.0. The van der Waals surface area contributed by atoms with Gasteiger partial charge in [0, 0.05) is 55.5 Å². The molecule has 286 valence electrons. The van der Waals surface area contributed by atoms with E-state index in [0.29, 0.717) is 40.9 Å². The van der Waals surface area contributed by atoms with E-state index < -0.39 is 18.2 Å². The van der Waals surface area contributed by atoms with E-state index in [9.17, 15) is 19.5 Å². The molecule has 0 aromatic heterocycles. The summed E-state index contributed by atoms with van der Waals surface area (Å²) >= 11 is 0. The first kappa shape index (κ1) is 38.2. The predicted molar refractivity (Wildman–Crippen MR) is 208 cm³/mol. The normalized spacial score (nSPS) is 19.5. The molecule has 4 aromatic rings. The Kier molecular flexibility index (Phi) is 12.4. The number of ether oxygens (including phenoxy) is 4. The van der Waals surface area contributed by atoms with Gasteiger partial charge in [0.05, 0.1) is 36.1 Å². The molecule has 13 heteroatoms. The summed E-state index contributed by atoms with van der Waals surface area (Å²) < 4.78 is 23.6. The molecule has 0 spiro atoms. The van der Waals surface area contributed by atoms with E-state index in [2.05, 4.69) is 16.0 Å². The molecule has 4 atom stereocenters. The number of aliphatic hydroxyl groups is 1. The molecular weight excluding hydrogens is 690 g/mol. The Labute approximate surface area is 315 Å². The number of nitrogens with one attached hydrogen (secondary N) is 3. The van der Waals surface area contributed by atoms with Crippen LogP contribution in [0, 0.1) is 5.92 Å². The van der Waals surface area contributed by atoms with Gasteiger partial charge in [-0.25, -0.2) is 9.59 Å². The Morgan fingerprint density at radius 3 is 2.46 bits per heavy atom. The maximum atomic E-state index is 14.5. The molecule has 2 aliphatic rings. The summed E-state index contributed by atoms with van der Waals surface area (Å²) in [5, 5.41) is 20.9. The predicted octanol–water partition coefficient (Wildman–Crippen LogP) is 7.17. The topological polar surface area (TPSA) is 151 Å². The number of carbonyl (C=O) groups excluding carboxylic acids is 3. The molecule has 4 aromatic carbocycles. The largest absolute Gasteiger partial charge is 0.490 e. The summed E-state index contributed by atoms with van der Waals surface area (Å²) in [6.45, 7) is 6.50. The van der Waals surface area contributed by atoms with Crippen molar-refractivity contribution in [2.75, 3.05) is 56.1 Å². The van der Waals surface area contributed by atoms with Crippen molar-refractivity contribution in [1.82, 2.24) is 9.80 Å². The standard InChI is InChI=1S/C41H49N5O8/c1-26-22-46(27(2)24-47)39(48)33-20-30(42-40(49)44-34-14-9-12-29-11-5-6-13-32(29)34)15-17-35(33)54-28(3)10-7-8-19-51-38(26)23-45(4)41(50)43-31-16-18-36-37(21-31)53-25-52-36/h5-6,9,11-18,20-21,26-28,38,47H,7-8,10,19,22-25H2,1-4H3,(H,43,50)(H2,42,44,49)/t26-,27-,28+,38-/m0/s1. The first-order valence-electron chi connectivity index (χ1n) is 18.4. The second-order valence-corrected chi connectivity index (χ2v) is 14.0. The molecule has 2 aliphatic heterocycles. The lowest BCUT2D eigenvalue weighted by Gasteiger charge is -2.35. The molecule has 4 N–H and O–H groups in total. The second kappa shape index (κ2) is 17.5. The SMILES string of the molecule is C[C@@H]1CCCCO[C@@H](CN(C)C(=O)Nc2ccc3c(c2)OCO3)[C@@H](C)CN([C@@H](C)CO)C(=O)c2cc(NC(=O)Nc3cccc4ccccc34)ccc2O1. The molecule has 0 saturated carbocycles. The average Bonchev–Trinajstić information content (AvgIpc) is 3.64. The van der Waals surface area contributed by atoms with E-state index in [1.54, 1.807) is 60.2 Å². The van der Waals surface area contributed by atoms with Crippen LogP contribution in [0.1, 0.15) is 50.4 Å². The van der Waals surface area contributed by atoms with Gasteiger partial charge in [0.1, 0.15) is 5.75 Å². The quantitative estimate of drug-likeness (QED) is 0.156. The van der Waals surface area contributed by atoms with Gasteiger partial charge in [-0.15, -0.1) is 0 Å². The van der Waals surface area contributed by atoms with Gasteiger partial charge in [-0.1, -0.05) is 43.3 Å². The second-order valence-electron chi connectivity index (χ2n) is 14.0. The number of hydrogen-bond donors (Lipinski definition) is 4. The van der Waals surface area contributed by atoms with Crippen molar-refractivity contribution < 1.29 is 38.4 Å². The van der Waals surface area contributed by atoms with Crippen molar-refractivity contribution in [2.24, 2.45) is 5.92 Å². The molecule has 0 saturated heterocycles. The molecule has 5 amide bonds. The Balaban J connectivity index is 1.21. The van der Waals surface area contributed by atoms with Crippen molar-refractivity contribution in [2.45, 2.75) is 58.3 Å². The van der Waals surface area contributed by atoms with Crippen molar-refractivity contribution in [3.63, 3.8) is 0 Å². The summed E-state index contributed by atoms with van der Waals surface area (Å²) in [6, 6.07) is 22.4. The van der Waals surface area contributed by atoms with Gasteiger partial charge < -0.3 is 49.8 Å². The molecule has 0 bridgehead atoms. The van der Waals surface area contributed by atoms with Crippen molar-refractivity contribution in [3.05, 3.63) is 84.4 Å². The molecule has 0 fully saturated rings. The Morgan fingerprint density at radius 2 is 1.65 bits per heavy atom. The lowest BCUT2D eigenvalue weighted by molar-refractivity contribution is -0.0115. The maximum absolute atomic E-state index is 14.5. The summed E-state index contributed by atoms with van der Waals surface area (Å²) in [6.07, 6.45) is 1.69. The third-order valence-electron chi connectivity index (χ3n) is 9.77. The zero-order valence-corrected chi connectivity index (χ0v) is 31.2. The summed E-state index contributed by atoms with van der Waals surface area (Å²) in [5.41, 5.74) is 1.88. The minimum absolute atomic E-state index is 0.136. The third kappa shape index (κ3) is 9.33. The van der Waals surface area contributed by atoms with Gasteiger partial charge in [-0.05, 0) is 74.9 Å². The fourth-order valence-electron chi connectivity index (χ4n) is 6.63. The van der Waals surface area contributed by atoms with Gasteiger partial charge in [0.2, 0.25) is 6.79 Å². The monoisotopic (exact) mass is 739 g/mol. The highest BCUT2D eigenvalue weighted by atomic mass is 16.7. The van der Waals surface area contributed by atoms with Crippen molar-refractivity contribution in [3.8, 4) is 17.2 Å². The number of rotatable bonds is 7. The van der Waals surface area contributed by atoms with Gasteiger partial charge in [0.25, 0.3) is 5.91 Å². The number of likely N-dealkylation sites (N-methyl/N-ethyl adjacent to an activating group) is 1. The van der Waals surface area contributed by atoms with Crippen LogP contribution in [0.5, 0.6) is 17.2 Å². The van der Waals surface area contributed by atoms with Crippen LogP contribution in [0.4, 0.5) is 26.7 Å². The average molecular weight is 740 g/mol. The van der Waals surface area contributed by atoms with Gasteiger partial charge in [0.15, 0.2) is 11.5 Å². The zero-order valence-electron chi connectivity index (χ0n) is 31.2. The maximum Gasteiger partial charge on any atom is 0.323 e. The minimum atomic E-state index is -0.558. The number of hydrogen-bond acceptors (Lipinski definition) is 8. The first-order valence-corrected chi connectivity index (χ1v) is 18.4. The highest BCUT2D eigenvalue weighted by Crippen LogP contribution is 2.34. The lowest BCUT2D eigenvalue weighted by Crippen LogP contribution is -2.48. The van der Waals surface area contributed by atoms with E-state index in [0.717, 1.165) is 30.0 Å². The van der Waals surface area contributed by atoms with Crippen LogP contribution in [0.3, 0.4) is 0 Å². The molecule has 13 nitrogen and oxygen atoms in total. The van der Waals surface area contributed by atoms with Gasteiger partial charge in [-0.2, -0.15) is 0 Å². The van der Waals surface area contributed by atoms with Crippen molar-refractivity contribution in [1.29, 1.82) is 0 Å². The number of amides is 5. The number of nitrogens with zero attached hydrogens (tertiary/aromatic N) is 2. The molecule has 6 rings (SSSR count). The number of anilines is 3. The Bertz CT molecular complexity index is 1950. The Morgan fingerprint density at radius 1 is 0.907 bits per heavy atom. The van der Waals surface area contributed by atoms with Crippen LogP contribution in [-0.4, -0.2) is 91.3 Å². The number of urea groups is 2. The summed E-state index contributed by atoms with van der Waals surface area (Å²) in [7, 11) is 1.70. The smallest absolute Gasteiger partial charge is 0.323 e. The first-order chi connectivity index (χ1) is 26.1. The minimum Gasteiger partial charge on any atom is -0.490 e. The summed E-state index contributed by atoms with van der Waals surface area (Å²) in [5.74, 6) is 0.962. The molecule has 0 aliphatic carbocycles. The van der Waals surface area contributed by atoms with Gasteiger partial charge >= 0.3 is 12.1 Å². The van der Waals surface area contributed by atoms with Crippen LogP contribution >= 0.6 is 0 Å². The highest BCUT2D eigenvalue weighted by Gasteiger charge is 2.31. The third-order valence-corrected chi connectivity index (χ3v) is 9.77. The number of fused-ring (bicyclic) bond motifs is 3. The number of benzene rings is 4. The van der Waals surface area contributed by atoms with E-state index in [4.69, 9.17) is 18.9 Å². The number of carbonyl (C=O) groups is 3. The molecule has 2 heterocycles.